The van der Waals surface area contributed by atoms with Crippen LogP contribution in [0.4, 0.5) is 5.95 Å². The standard InChI is InChI=1S/C24H31N5O4/c1-15(29-11-6-7-12-29)17-10-8-9-16(25-17)14-28(2)24-26-18-13-19(31-3)21(32-4)22(33-5)20(18)23(30)27-24/h8-10,13,15H,6-7,11-12,14H2,1-5H3,(H,26,27,30). The van der Waals surface area contributed by atoms with Crippen molar-refractivity contribution in [1.29, 1.82) is 0 Å². The van der Waals surface area contributed by atoms with E-state index in [0.717, 1.165) is 24.5 Å². The minimum atomic E-state index is -0.409. The van der Waals surface area contributed by atoms with Crippen LogP contribution in [0.15, 0.2) is 29.1 Å². The smallest absolute Gasteiger partial charge is 0.286 e. The molecule has 3 heterocycles. The highest BCUT2D eigenvalue weighted by Crippen LogP contribution is 2.41. The van der Waals surface area contributed by atoms with E-state index >= 15 is 0 Å². The highest BCUT2D eigenvalue weighted by molar-refractivity contribution is 5.90. The van der Waals surface area contributed by atoms with E-state index in [1.54, 1.807) is 6.07 Å². The maximum Gasteiger partial charge on any atom is 0.286 e. The second-order valence-corrected chi connectivity index (χ2v) is 8.26. The molecular formula is C24H31N5O4. The van der Waals surface area contributed by atoms with Crippen molar-refractivity contribution in [2.75, 3.05) is 46.4 Å². The van der Waals surface area contributed by atoms with E-state index in [-0.39, 0.29) is 6.04 Å². The molecule has 3 aromatic rings. The van der Waals surface area contributed by atoms with Crippen molar-refractivity contribution in [3.63, 3.8) is 0 Å². The van der Waals surface area contributed by atoms with Gasteiger partial charge in [-0.3, -0.25) is 14.7 Å². The molecule has 176 valence electrons. The minimum absolute atomic E-state index is 0.284. The van der Waals surface area contributed by atoms with Crippen molar-refractivity contribution in [3.05, 3.63) is 46.0 Å². The Hall–Kier alpha value is -3.33. The van der Waals surface area contributed by atoms with Crippen molar-refractivity contribution in [1.82, 2.24) is 19.9 Å². The summed E-state index contributed by atoms with van der Waals surface area (Å²) in [4.78, 5) is 29.7. The van der Waals surface area contributed by atoms with Crippen LogP contribution in [-0.4, -0.2) is 61.3 Å². The number of rotatable bonds is 8. The Bertz CT molecular complexity index is 1190. The van der Waals surface area contributed by atoms with E-state index in [1.807, 2.05) is 24.1 Å². The monoisotopic (exact) mass is 453 g/mol. The van der Waals surface area contributed by atoms with E-state index in [1.165, 1.54) is 34.2 Å². The van der Waals surface area contributed by atoms with Crippen LogP contribution in [0, 0.1) is 0 Å². The summed E-state index contributed by atoms with van der Waals surface area (Å²) in [5, 5.41) is 0.312. The molecule has 1 unspecified atom stereocenters. The fourth-order valence-corrected chi connectivity index (χ4v) is 4.40. The van der Waals surface area contributed by atoms with Gasteiger partial charge in [-0.05, 0) is 45.0 Å². The van der Waals surface area contributed by atoms with Crippen molar-refractivity contribution in [2.45, 2.75) is 32.4 Å². The maximum atomic E-state index is 12.9. The summed E-state index contributed by atoms with van der Waals surface area (Å²) in [6.07, 6.45) is 2.49. The quantitative estimate of drug-likeness (QED) is 0.556. The summed E-state index contributed by atoms with van der Waals surface area (Å²) >= 11 is 0. The van der Waals surface area contributed by atoms with Gasteiger partial charge in [0.2, 0.25) is 11.7 Å². The molecule has 33 heavy (non-hydrogen) atoms. The Morgan fingerprint density at radius 3 is 2.48 bits per heavy atom. The van der Waals surface area contributed by atoms with Crippen molar-refractivity contribution in [2.24, 2.45) is 0 Å². The first kappa shape index (κ1) is 22.8. The van der Waals surface area contributed by atoms with Gasteiger partial charge >= 0.3 is 0 Å². The third-order valence-corrected chi connectivity index (χ3v) is 6.20. The molecular weight excluding hydrogens is 422 g/mol. The van der Waals surface area contributed by atoms with Crippen LogP contribution in [0.1, 0.15) is 37.2 Å². The van der Waals surface area contributed by atoms with Crippen LogP contribution in [0.5, 0.6) is 17.2 Å². The molecule has 1 aliphatic heterocycles. The number of hydrogen-bond donors (Lipinski definition) is 1. The number of benzene rings is 1. The molecule has 1 atom stereocenters. The van der Waals surface area contributed by atoms with Crippen LogP contribution in [0.3, 0.4) is 0 Å². The summed E-state index contributed by atoms with van der Waals surface area (Å²) < 4.78 is 16.3. The number of likely N-dealkylation sites (tertiary alicyclic amines) is 1. The summed E-state index contributed by atoms with van der Waals surface area (Å²) in [6, 6.07) is 8.11. The molecule has 0 aliphatic carbocycles. The third kappa shape index (κ3) is 4.45. The first-order valence-corrected chi connectivity index (χ1v) is 11.1. The van der Waals surface area contributed by atoms with E-state index in [0.29, 0.717) is 40.6 Å². The summed E-state index contributed by atoms with van der Waals surface area (Å²) in [7, 11) is 6.40. The SMILES string of the molecule is COc1cc2[nH]c(N(C)Cc3cccc(C(C)N4CCCC4)n3)nc(=O)c2c(OC)c1OC. The molecule has 0 radical (unpaired) electrons. The number of methoxy groups -OCH3 is 3. The average molecular weight is 454 g/mol. The molecule has 2 aromatic heterocycles. The zero-order valence-corrected chi connectivity index (χ0v) is 19.8. The number of nitrogens with zero attached hydrogens (tertiary/aromatic N) is 4. The molecule has 1 N–H and O–H groups in total. The van der Waals surface area contributed by atoms with E-state index in [4.69, 9.17) is 19.2 Å². The van der Waals surface area contributed by atoms with Gasteiger partial charge in [0.1, 0.15) is 5.39 Å². The largest absolute Gasteiger partial charge is 0.493 e. The predicted molar refractivity (Wildman–Crippen MR) is 128 cm³/mol. The normalized spacial score (nSPS) is 14.9. The maximum absolute atomic E-state index is 12.9. The Labute approximate surface area is 193 Å². The molecule has 1 saturated heterocycles. The predicted octanol–water partition coefficient (Wildman–Crippen LogP) is 3.14. The second-order valence-electron chi connectivity index (χ2n) is 8.26. The number of aromatic nitrogens is 3. The fourth-order valence-electron chi connectivity index (χ4n) is 4.40. The molecule has 0 amide bonds. The van der Waals surface area contributed by atoms with Gasteiger partial charge in [0, 0.05) is 19.2 Å². The molecule has 9 heteroatoms. The highest BCUT2D eigenvalue weighted by Gasteiger charge is 2.22. The number of fused-ring (bicyclic) bond motifs is 1. The van der Waals surface area contributed by atoms with Gasteiger partial charge in [0.15, 0.2) is 11.5 Å². The van der Waals surface area contributed by atoms with Gasteiger partial charge in [0.05, 0.1) is 44.8 Å². The van der Waals surface area contributed by atoms with Gasteiger partial charge in [-0.2, -0.15) is 4.98 Å². The zero-order chi connectivity index (χ0) is 23.5. The zero-order valence-electron chi connectivity index (χ0n) is 19.8. The molecule has 4 rings (SSSR count). The Balaban J connectivity index is 1.64. The number of anilines is 1. The Kier molecular flexibility index (Phi) is 6.69. The number of H-pyrrole nitrogens is 1. The number of ether oxygens (including phenoxy) is 3. The van der Waals surface area contributed by atoms with Crippen molar-refractivity contribution in [3.8, 4) is 17.2 Å². The van der Waals surface area contributed by atoms with Crippen molar-refractivity contribution >= 4 is 16.9 Å². The lowest BCUT2D eigenvalue weighted by molar-refractivity contribution is 0.258. The molecule has 0 saturated carbocycles. The summed E-state index contributed by atoms with van der Waals surface area (Å²) in [5.74, 6) is 1.54. The molecule has 0 bridgehead atoms. The number of pyridine rings is 1. The van der Waals surface area contributed by atoms with Crippen LogP contribution in [-0.2, 0) is 6.54 Å². The Morgan fingerprint density at radius 1 is 1.09 bits per heavy atom. The van der Waals surface area contributed by atoms with E-state index in [2.05, 4.69) is 27.9 Å². The first-order chi connectivity index (χ1) is 16.0. The first-order valence-electron chi connectivity index (χ1n) is 11.1. The van der Waals surface area contributed by atoms with Gasteiger partial charge in [-0.25, -0.2) is 0 Å². The van der Waals surface area contributed by atoms with Crippen molar-refractivity contribution < 1.29 is 14.2 Å². The van der Waals surface area contributed by atoms with E-state index < -0.39 is 5.56 Å². The third-order valence-electron chi connectivity index (χ3n) is 6.20. The van der Waals surface area contributed by atoms with Crippen LogP contribution < -0.4 is 24.7 Å². The molecule has 9 nitrogen and oxygen atoms in total. The number of aromatic amines is 1. The molecule has 0 spiro atoms. The number of nitrogens with one attached hydrogen (secondary N) is 1. The highest BCUT2D eigenvalue weighted by atomic mass is 16.5. The van der Waals surface area contributed by atoms with Crippen LogP contribution in [0.25, 0.3) is 10.9 Å². The number of hydrogen-bond acceptors (Lipinski definition) is 8. The van der Waals surface area contributed by atoms with Gasteiger partial charge < -0.3 is 24.1 Å². The summed E-state index contributed by atoms with van der Waals surface area (Å²) in [5.41, 5.74) is 2.11. The second kappa shape index (κ2) is 9.66. The molecule has 1 fully saturated rings. The Morgan fingerprint density at radius 2 is 1.82 bits per heavy atom. The lowest BCUT2D eigenvalue weighted by Crippen LogP contribution is -2.26. The summed E-state index contributed by atoms with van der Waals surface area (Å²) in [6.45, 7) is 4.94. The lowest BCUT2D eigenvalue weighted by Gasteiger charge is -2.24. The lowest BCUT2D eigenvalue weighted by atomic mass is 10.1. The average Bonchev–Trinajstić information content (AvgIpc) is 3.37. The van der Waals surface area contributed by atoms with Gasteiger partial charge in [0.25, 0.3) is 5.56 Å². The van der Waals surface area contributed by atoms with Crippen LogP contribution in [0.2, 0.25) is 0 Å². The molecule has 1 aromatic carbocycles. The molecule has 1 aliphatic rings. The van der Waals surface area contributed by atoms with E-state index in [9.17, 15) is 4.79 Å². The van der Waals surface area contributed by atoms with Crippen LogP contribution >= 0.6 is 0 Å². The fraction of sp³-hybridized carbons (Fsp3) is 0.458. The minimum Gasteiger partial charge on any atom is -0.493 e. The topological polar surface area (TPSA) is 92.8 Å². The van der Waals surface area contributed by atoms with Gasteiger partial charge in [-0.1, -0.05) is 6.07 Å². The van der Waals surface area contributed by atoms with Gasteiger partial charge in [-0.15, -0.1) is 0 Å².